The first-order valence-corrected chi connectivity index (χ1v) is 9.04. The van der Waals surface area contributed by atoms with Crippen molar-refractivity contribution in [2.45, 2.75) is 6.92 Å². The van der Waals surface area contributed by atoms with Crippen molar-refractivity contribution < 1.29 is 18.3 Å². The molecule has 0 saturated carbocycles. The highest BCUT2D eigenvalue weighted by atomic mass is 127. The minimum Gasteiger partial charge on any atom is -0.383 e. The van der Waals surface area contributed by atoms with Gasteiger partial charge in [0.1, 0.15) is 18.2 Å². The molecule has 1 fully saturated rings. The smallest absolute Gasteiger partial charge is 0.241 e. The number of hydrogen-bond acceptors (Lipinski definition) is 4. The molecule has 1 aliphatic rings. The number of rotatable bonds is 7. The standard InChI is InChI=1S/C18H27F2N5O2.HI/c1-3-21-18(23-13-17(26)22-6-11-27-2)25-9-7-24(8-10-25)16-12-14(19)4-5-15(16)20;/h4-5,12H,3,6-11,13H2,1-2H3,(H,21,23)(H,22,26);1H. The van der Waals surface area contributed by atoms with Crippen molar-refractivity contribution in [1.82, 2.24) is 15.5 Å². The summed E-state index contributed by atoms with van der Waals surface area (Å²) in [6.07, 6.45) is 0. The Kier molecular flexibility index (Phi) is 11.0. The molecule has 2 rings (SSSR count). The number of hydrogen-bond donors (Lipinski definition) is 2. The van der Waals surface area contributed by atoms with Gasteiger partial charge in [0.05, 0.1) is 12.3 Å². The number of piperazine rings is 1. The van der Waals surface area contributed by atoms with Gasteiger partial charge in [0.2, 0.25) is 5.91 Å². The minimum absolute atomic E-state index is 0. The van der Waals surface area contributed by atoms with Crippen LogP contribution in [0, 0.1) is 11.6 Å². The largest absolute Gasteiger partial charge is 0.383 e. The Labute approximate surface area is 181 Å². The Balaban J connectivity index is 0.00000392. The first-order valence-electron chi connectivity index (χ1n) is 9.04. The quantitative estimate of drug-likeness (QED) is 0.251. The molecule has 0 spiro atoms. The van der Waals surface area contributed by atoms with Gasteiger partial charge < -0.3 is 25.2 Å². The summed E-state index contributed by atoms with van der Waals surface area (Å²) in [6.45, 7) is 5.78. The van der Waals surface area contributed by atoms with E-state index in [2.05, 4.69) is 15.6 Å². The van der Waals surface area contributed by atoms with Crippen LogP contribution in [0.1, 0.15) is 6.92 Å². The zero-order valence-electron chi connectivity index (χ0n) is 16.2. The number of methoxy groups -OCH3 is 1. The van der Waals surface area contributed by atoms with Gasteiger partial charge in [0.25, 0.3) is 0 Å². The average Bonchev–Trinajstić information content (AvgIpc) is 2.67. The Morgan fingerprint density at radius 1 is 1.21 bits per heavy atom. The maximum Gasteiger partial charge on any atom is 0.241 e. The van der Waals surface area contributed by atoms with Crippen LogP contribution in [0.25, 0.3) is 0 Å². The Bertz CT molecular complexity index is 655. The molecule has 1 aliphatic heterocycles. The Hall–Kier alpha value is -1.69. The Morgan fingerprint density at radius 3 is 2.57 bits per heavy atom. The van der Waals surface area contributed by atoms with Crippen LogP contribution in [-0.2, 0) is 9.53 Å². The van der Waals surface area contributed by atoms with Gasteiger partial charge in [0, 0.05) is 52.4 Å². The summed E-state index contributed by atoms with van der Waals surface area (Å²) >= 11 is 0. The molecule has 2 N–H and O–H groups in total. The van der Waals surface area contributed by atoms with E-state index < -0.39 is 11.6 Å². The van der Waals surface area contributed by atoms with Crippen molar-refractivity contribution in [3.63, 3.8) is 0 Å². The molecule has 0 aromatic heterocycles. The second kappa shape index (κ2) is 12.7. The van der Waals surface area contributed by atoms with E-state index in [0.717, 1.165) is 12.1 Å². The maximum atomic E-state index is 14.0. The predicted octanol–water partition coefficient (Wildman–Crippen LogP) is 1.43. The van der Waals surface area contributed by atoms with E-state index in [4.69, 9.17) is 4.74 Å². The van der Waals surface area contributed by atoms with E-state index in [0.29, 0.717) is 51.8 Å². The number of guanidine groups is 1. The summed E-state index contributed by atoms with van der Waals surface area (Å²) in [5.74, 6) is -0.428. The van der Waals surface area contributed by atoms with Crippen LogP contribution in [-0.4, -0.2) is 76.3 Å². The van der Waals surface area contributed by atoms with Gasteiger partial charge in [-0.05, 0) is 19.1 Å². The average molecular weight is 511 g/mol. The number of ether oxygens (including phenoxy) is 1. The van der Waals surface area contributed by atoms with E-state index in [1.165, 1.54) is 6.07 Å². The lowest BCUT2D eigenvalue weighted by molar-refractivity contribution is -0.119. The highest BCUT2D eigenvalue weighted by molar-refractivity contribution is 14.0. The van der Waals surface area contributed by atoms with E-state index in [9.17, 15) is 13.6 Å². The number of amides is 1. The third kappa shape index (κ3) is 7.38. The van der Waals surface area contributed by atoms with Crippen LogP contribution in [0.15, 0.2) is 23.2 Å². The van der Waals surface area contributed by atoms with Gasteiger partial charge in [-0.2, -0.15) is 0 Å². The normalized spacial score (nSPS) is 14.5. The number of carbonyl (C=O) groups is 1. The van der Waals surface area contributed by atoms with Crippen LogP contribution in [0.5, 0.6) is 0 Å². The Morgan fingerprint density at radius 2 is 1.93 bits per heavy atom. The van der Waals surface area contributed by atoms with Crippen molar-refractivity contribution in [2.75, 3.05) is 64.4 Å². The number of halogens is 3. The fourth-order valence-corrected chi connectivity index (χ4v) is 2.81. The summed E-state index contributed by atoms with van der Waals surface area (Å²) in [5, 5.41) is 5.89. The highest BCUT2D eigenvalue weighted by Gasteiger charge is 2.22. The number of anilines is 1. The minimum atomic E-state index is -0.455. The lowest BCUT2D eigenvalue weighted by Gasteiger charge is -2.37. The van der Waals surface area contributed by atoms with Crippen molar-refractivity contribution in [1.29, 1.82) is 0 Å². The molecule has 10 heteroatoms. The molecule has 7 nitrogen and oxygen atoms in total. The summed E-state index contributed by atoms with van der Waals surface area (Å²) in [5.41, 5.74) is 0.272. The maximum absolute atomic E-state index is 14.0. The van der Waals surface area contributed by atoms with E-state index in [1.807, 2.05) is 16.7 Å². The lowest BCUT2D eigenvalue weighted by atomic mass is 10.2. The molecule has 28 heavy (non-hydrogen) atoms. The lowest BCUT2D eigenvalue weighted by Crippen LogP contribution is -2.53. The monoisotopic (exact) mass is 511 g/mol. The SMILES string of the molecule is CCNC(=NCC(=O)NCCOC)N1CCN(c2cc(F)ccc2F)CC1.I. The van der Waals surface area contributed by atoms with Gasteiger partial charge in [-0.25, -0.2) is 13.8 Å². The highest BCUT2D eigenvalue weighted by Crippen LogP contribution is 2.21. The molecule has 0 radical (unpaired) electrons. The molecule has 0 atom stereocenters. The summed E-state index contributed by atoms with van der Waals surface area (Å²) in [4.78, 5) is 20.0. The van der Waals surface area contributed by atoms with Gasteiger partial charge in [-0.3, -0.25) is 4.79 Å². The van der Waals surface area contributed by atoms with Gasteiger partial charge in [-0.1, -0.05) is 0 Å². The molecule has 158 valence electrons. The number of carbonyl (C=O) groups excluding carboxylic acids is 1. The molecule has 1 aromatic carbocycles. The summed E-state index contributed by atoms with van der Waals surface area (Å²) < 4.78 is 32.3. The predicted molar refractivity (Wildman–Crippen MR) is 116 cm³/mol. The zero-order chi connectivity index (χ0) is 19.6. The van der Waals surface area contributed by atoms with E-state index >= 15 is 0 Å². The van der Waals surface area contributed by atoms with Gasteiger partial charge in [0.15, 0.2) is 5.96 Å². The molecular formula is C18H28F2IN5O2. The molecule has 0 unspecified atom stereocenters. The van der Waals surface area contributed by atoms with Crippen LogP contribution < -0.4 is 15.5 Å². The summed E-state index contributed by atoms with van der Waals surface area (Å²) in [6, 6.07) is 3.47. The fraction of sp³-hybridized carbons (Fsp3) is 0.556. The number of nitrogens with one attached hydrogen (secondary N) is 2. The third-order valence-electron chi connectivity index (χ3n) is 4.16. The van der Waals surface area contributed by atoms with E-state index in [1.54, 1.807) is 7.11 Å². The molecule has 1 saturated heterocycles. The summed E-state index contributed by atoms with van der Waals surface area (Å²) in [7, 11) is 1.57. The number of aliphatic imine (C=N–C) groups is 1. The van der Waals surface area contributed by atoms with Gasteiger partial charge >= 0.3 is 0 Å². The second-order valence-electron chi connectivity index (χ2n) is 6.08. The molecule has 1 aromatic rings. The third-order valence-corrected chi connectivity index (χ3v) is 4.16. The molecule has 1 heterocycles. The fourth-order valence-electron chi connectivity index (χ4n) is 2.81. The van der Waals surface area contributed by atoms with Crippen LogP contribution >= 0.6 is 24.0 Å². The van der Waals surface area contributed by atoms with Crippen molar-refractivity contribution in [3.8, 4) is 0 Å². The zero-order valence-corrected chi connectivity index (χ0v) is 18.5. The first kappa shape index (κ1) is 24.3. The second-order valence-corrected chi connectivity index (χ2v) is 6.08. The van der Waals surface area contributed by atoms with Gasteiger partial charge in [-0.15, -0.1) is 24.0 Å². The van der Waals surface area contributed by atoms with Crippen molar-refractivity contribution in [2.24, 2.45) is 4.99 Å². The molecule has 1 amide bonds. The van der Waals surface area contributed by atoms with Crippen LogP contribution in [0.3, 0.4) is 0 Å². The van der Waals surface area contributed by atoms with Crippen LogP contribution in [0.2, 0.25) is 0 Å². The van der Waals surface area contributed by atoms with Crippen molar-refractivity contribution >= 4 is 41.5 Å². The van der Waals surface area contributed by atoms with Crippen molar-refractivity contribution in [3.05, 3.63) is 29.8 Å². The molecule has 0 aliphatic carbocycles. The first-order chi connectivity index (χ1) is 13.0. The van der Waals surface area contributed by atoms with E-state index in [-0.39, 0.29) is 42.1 Å². The topological polar surface area (TPSA) is 69.2 Å². The molecule has 0 bridgehead atoms. The number of nitrogens with zero attached hydrogens (tertiary/aromatic N) is 3. The molecular weight excluding hydrogens is 483 g/mol. The van der Waals surface area contributed by atoms with Crippen LogP contribution in [0.4, 0.5) is 14.5 Å². The number of benzene rings is 1.